The van der Waals surface area contributed by atoms with Gasteiger partial charge in [0, 0.05) is 6.54 Å². The zero-order valence-corrected chi connectivity index (χ0v) is 11.0. The van der Waals surface area contributed by atoms with Gasteiger partial charge in [-0.15, -0.1) is 0 Å². The third kappa shape index (κ3) is 5.24. The SMILES string of the molecule is CCOc1ccccc1OCCNCC(F)(F)C(F)F. The van der Waals surface area contributed by atoms with Crippen LogP contribution in [0.5, 0.6) is 11.5 Å². The van der Waals surface area contributed by atoms with E-state index in [0.29, 0.717) is 18.1 Å². The van der Waals surface area contributed by atoms with Crippen molar-refractivity contribution in [3.05, 3.63) is 24.3 Å². The molecule has 0 aliphatic heterocycles. The van der Waals surface area contributed by atoms with Gasteiger partial charge in [-0.2, -0.15) is 8.78 Å². The molecule has 0 unspecified atom stereocenters. The molecule has 0 aliphatic rings. The van der Waals surface area contributed by atoms with E-state index in [-0.39, 0.29) is 13.2 Å². The van der Waals surface area contributed by atoms with Crippen molar-refractivity contribution in [3.63, 3.8) is 0 Å². The minimum atomic E-state index is -4.02. The van der Waals surface area contributed by atoms with E-state index in [1.807, 2.05) is 6.92 Å². The van der Waals surface area contributed by atoms with Crippen molar-refractivity contribution in [2.24, 2.45) is 0 Å². The van der Waals surface area contributed by atoms with Gasteiger partial charge in [0.1, 0.15) is 6.61 Å². The Kier molecular flexibility index (Phi) is 6.57. The van der Waals surface area contributed by atoms with Crippen molar-refractivity contribution in [2.75, 3.05) is 26.3 Å². The highest BCUT2D eigenvalue weighted by molar-refractivity contribution is 5.39. The molecule has 114 valence electrons. The highest BCUT2D eigenvalue weighted by Gasteiger charge is 2.39. The Morgan fingerprint density at radius 1 is 1.15 bits per heavy atom. The van der Waals surface area contributed by atoms with Crippen LogP contribution in [0.15, 0.2) is 24.3 Å². The molecule has 1 rings (SSSR count). The zero-order chi connectivity index (χ0) is 15.0. The molecule has 7 heteroatoms. The highest BCUT2D eigenvalue weighted by Crippen LogP contribution is 2.26. The standard InChI is InChI=1S/C13H17F4NO2/c1-2-19-10-5-3-4-6-11(10)20-8-7-18-9-13(16,17)12(14)15/h3-6,12,18H,2,7-9H2,1H3. The Hall–Kier alpha value is -1.50. The molecule has 0 saturated carbocycles. The van der Waals surface area contributed by atoms with E-state index in [1.165, 1.54) is 0 Å². The van der Waals surface area contributed by atoms with E-state index in [2.05, 4.69) is 5.32 Å². The molecule has 0 radical (unpaired) electrons. The Labute approximate surface area is 114 Å². The second-order valence-electron chi connectivity index (χ2n) is 3.97. The highest BCUT2D eigenvalue weighted by atomic mass is 19.3. The van der Waals surface area contributed by atoms with Crippen LogP contribution in [-0.2, 0) is 0 Å². The Balaban J connectivity index is 2.31. The second kappa shape index (κ2) is 7.94. The van der Waals surface area contributed by atoms with E-state index in [4.69, 9.17) is 9.47 Å². The van der Waals surface area contributed by atoms with Crippen molar-refractivity contribution in [1.29, 1.82) is 0 Å². The first kappa shape index (κ1) is 16.6. The van der Waals surface area contributed by atoms with Crippen LogP contribution in [0, 0.1) is 0 Å². The van der Waals surface area contributed by atoms with Crippen LogP contribution in [0.3, 0.4) is 0 Å². The predicted molar refractivity (Wildman–Crippen MR) is 66.9 cm³/mol. The Morgan fingerprint density at radius 2 is 1.75 bits per heavy atom. The van der Waals surface area contributed by atoms with E-state index in [0.717, 1.165) is 0 Å². The molecule has 20 heavy (non-hydrogen) atoms. The lowest BCUT2D eigenvalue weighted by atomic mass is 10.3. The van der Waals surface area contributed by atoms with E-state index in [9.17, 15) is 17.6 Å². The summed E-state index contributed by atoms with van der Waals surface area (Å²) in [6.07, 6.45) is -3.67. The van der Waals surface area contributed by atoms with Gasteiger partial charge in [0.2, 0.25) is 0 Å². The van der Waals surface area contributed by atoms with Crippen LogP contribution in [0.2, 0.25) is 0 Å². The molecule has 3 nitrogen and oxygen atoms in total. The monoisotopic (exact) mass is 295 g/mol. The smallest absolute Gasteiger partial charge is 0.319 e. The molecule has 0 bridgehead atoms. The first-order chi connectivity index (χ1) is 9.47. The summed E-state index contributed by atoms with van der Waals surface area (Å²) < 4.78 is 59.6. The quantitative estimate of drug-likeness (QED) is 0.561. The Bertz CT molecular complexity index is 402. The van der Waals surface area contributed by atoms with Gasteiger partial charge in [0.25, 0.3) is 0 Å². The number of hydrogen-bond donors (Lipinski definition) is 1. The second-order valence-corrected chi connectivity index (χ2v) is 3.97. The van der Waals surface area contributed by atoms with Crippen LogP contribution in [0.4, 0.5) is 17.6 Å². The lowest BCUT2D eigenvalue weighted by Gasteiger charge is -2.16. The largest absolute Gasteiger partial charge is 0.490 e. The minimum absolute atomic E-state index is 0.0305. The van der Waals surface area contributed by atoms with Gasteiger partial charge in [-0.25, -0.2) is 8.78 Å². The van der Waals surface area contributed by atoms with Gasteiger partial charge >= 0.3 is 12.3 Å². The molecule has 0 aromatic heterocycles. The van der Waals surface area contributed by atoms with Crippen LogP contribution in [0.25, 0.3) is 0 Å². The summed E-state index contributed by atoms with van der Waals surface area (Å²) in [7, 11) is 0. The van der Waals surface area contributed by atoms with Crippen LogP contribution >= 0.6 is 0 Å². The molecule has 1 aromatic rings. The number of hydrogen-bond acceptors (Lipinski definition) is 3. The zero-order valence-electron chi connectivity index (χ0n) is 11.0. The van der Waals surface area contributed by atoms with Gasteiger partial charge < -0.3 is 14.8 Å². The van der Waals surface area contributed by atoms with Crippen molar-refractivity contribution in [3.8, 4) is 11.5 Å². The summed E-state index contributed by atoms with van der Waals surface area (Å²) in [6.45, 7) is 1.32. The van der Waals surface area contributed by atoms with Gasteiger partial charge in [-0.3, -0.25) is 0 Å². The molecule has 1 aromatic carbocycles. The number of para-hydroxylation sites is 2. The predicted octanol–water partition coefficient (Wildman–Crippen LogP) is 2.95. The summed E-state index contributed by atoms with van der Waals surface area (Å²) >= 11 is 0. The average Bonchev–Trinajstić information content (AvgIpc) is 2.40. The molecule has 0 atom stereocenters. The van der Waals surface area contributed by atoms with Gasteiger partial charge in [0.15, 0.2) is 11.5 Å². The van der Waals surface area contributed by atoms with E-state index in [1.54, 1.807) is 24.3 Å². The number of alkyl halides is 4. The molecule has 1 N–H and O–H groups in total. The van der Waals surface area contributed by atoms with Crippen molar-refractivity contribution in [1.82, 2.24) is 5.32 Å². The van der Waals surface area contributed by atoms with Crippen LogP contribution in [-0.4, -0.2) is 38.7 Å². The normalized spacial score (nSPS) is 11.7. The maximum Gasteiger partial charge on any atom is 0.319 e. The van der Waals surface area contributed by atoms with Crippen molar-refractivity contribution in [2.45, 2.75) is 19.3 Å². The maximum atomic E-state index is 12.6. The fraction of sp³-hybridized carbons (Fsp3) is 0.538. The van der Waals surface area contributed by atoms with Crippen LogP contribution in [0.1, 0.15) is 6.92 Å². The van der Waals surface area contributed by atoms with Gasteiger partial charge in [-0.05, 0) is 19.1 Å². The van der Waals surface area contributed by atoms with Gasteiger partial charge in [-0.1, -0.05) is 12.1 Å². The number of rotatable bonds is 9. The maximum absolute atomic E-state index is 12.6. The fourth-order valence-electron chi connectivity index (χ4n) is 1.41. The Morgan fingerprint density at radius 3 is 2.30 bits per heavy atom. The molecule has 0 saturated heterocycles. The number of benzene rings is 1. The molecule has 0 aliphatic carbocycles. The lowest BCUT2D eigenvalue weighted by Crippen LogP contribution is -2.40. The third-order valence-corrected chi connectivity index (χ3v) is 2.37. The summed E-state index contributed by atoms with van der Waals surface area (Å²) in [5.41, 5.74) is 0. The summed E-state index contributed by atoms with van der Waals surface area (Å²) in [5, 5.41) is 2.23. The first-order valence-corrected chi connectivity index (χ1v) is 6.18. The number of ether oxygens (including phenoxy) is 2. The van der Waals surface area contributed by atoms with E-state index >= 15 is 0 Å². The summed E-state index contributed by atoms with van der Waals surface area (Å²) in [6, 6.07) is 6.92. The van der Waals surface area contributed by atoms with Gasteiger partial charge in [0.05, 0.1) is 13.2 Å². The number of halogens is 4. The first-order valence-electron chi connectivity index (χ1n) is 6.18. The van der Waals surface area contributed by atoms with E-state index < -0.39 is 18.9 Å². The van der Waals surface area contributed by atoms with Crippen LogP contribution < -0.4 is 14.8 Å². The van der Waals surface area contributed by atoms with Crippen molar-refractivity contribution < 1.29 is 27.0 Å². The molecule has 0 amide bonds. The molecule has 0 fully saturated rings. The average molecular weight is 295 g/mol. The third-order valence-electron chi connectivity index (χ3n) is 2.37. The summed E-state index contributed by atoms with van der Waals surface area (Å²) in [4.78, 5) is 0. The van der Waals surface area contributed by atoms with Crippen molar-refractivity contribution >= 4 is 0 Å². The molecule has 0 spiro atoms. The summed E-state index contributed by atoms with van der Waals surface area (Å²) in [5.74, 6) is -2.99. The molecular weight excluding hydrogens is 278 g/mol. The number of nitrogens with one attached hydrogen (secondary N) is 1. The fourth-order valence-corrected chi connectivity index (χ4v) is 1.41. The topological polar surface area (TPSA) is 30.5 Å². The minimum Gasteiger partial charge on any atom is -0.490 e. The molecular formula is C13H17F4NO2. The lowest BCUT2D eigenvalue weighted by molar-refractivity contribution is -0.125. The molecule has 0 heterocycles.